The van der Waals surface area contributed by atoms with Crippen LogP contribution in [0.2, 0.25) is 0 Å². The summed E-state index contributed by atoms with van der Waals surface area (Å²) < 4.78 is 13.1. The third-order valence-electron chi connectivity index (χ3n) is 2.62. The van der Waals surface area contributed by atoms with E-state index >= 15 is 0 Å². The van der Waals surface area contributed by atoms with Crippen molar-refractivity contribution in [2.24, 2.45) is 0 Å². The van der Waals surface area contributed by atoms with Crippen molar-refractivity contribution < 1.29 is 4.39 Å². The van der Waals surface area contributed by atoms with Gasteiger partial charge in [-0.1, -0.05) is 58.3 Å². The molecule has 0 radical (unpaired) electrons. The van der Waals surface area contributed by atoms with Gasteiger partial charge in [-0.25, -0.2) is 4.39 Å². The molecule has 0 bridgehead atoms. The average molecular weight is 202 g/mol. The van der Waals surface area contributed by atoms with Crippen LogP contribution in [-0.4, -0.2) is 5.67 Å². The van der Waals surface area contributed by atoms with Gasteiger partial charge in [0.15, 0.2) is 0 Å². The Morgan fingerprint density at radius 2 is 1.21 bits per heavy atom. The highest BCUT2D eigenvalue weighted by Gasteiger charge is 2.13. The Morgan fingerprint density at radius 1 is 0.786 bits per heavy atom. The van der Waals surface area contributed by atoms with E-state index in [0.29, 0.717) is 0 Å². The van der Waals surface area contributed by atoms with Gasteiger partial charge < -0.3 is 0 Å². The number of rotatable bonds is 9. The number of hydrogen-bond acceptors (Lipinski definition) is 0. The third-order valence-corrected chi connectivity index (χ3v) is 2.62. The van der Waals surface area contributed by atoms with E-state index in [4.69, 9.17) is 0 Å². The predicted octanol–water partition coefficient (Wildman–Crippen LogP) is 5.27. The normalized spacial score (nSPS) is 12.0. The van der Waals surface area contributed by atoms with E-state index in [9.17, 15) is 4.39 Å². The largest absolute Gasteiger partial charge is 0.245 e. The minimum Gasteiger partial charge on any atom is -0.245 e. The maximum Gasteiger partial charge on any atom is 0.105 e. The summed E-state index contributed by atoms with van der Waals surface area (Å²) in [6.07, 6.45) is 11.1. The molecule has 0 aromatic rings. The smallest absolute Gasteiger partial charge is 0.105 e. The monoisotopic (exact) mass is 202 g/mol. The molecule has 0 aromatic heterocycles. The molecule has 0 aliphatic heterocycles. The predicted molar refractivity (Wildman–Crippen MR) is 62.4 cm³/mol. The van der Waals surface area contributed by atoms with Crippen LogP contribution in [-0.2, 0) is 0 Å². The van der Waals surface area contributed by atoms with Crippen LogP contribution < -0.4 is 0 Å². The second-order valence-corrected chi connectivity index (χ2v) is 4.94. The standard InChI is InChI=1S/C13H27F/c1-4-5-6-7-8-9-10-11-12-13(2,3)14/h4-12H2,1-3H3. The van der Waals surface area contributed by atoms with Gasteiger partial charge in [0.2, 0.25) is 0 Å². The Morgan fingerprint density at radius 3 is 1.64 bits per heavy atom. The Hall–Kier alpha value is -0.0700. The highest BCUT2D eigenvalue weighted by atomic mass is 19.1. The first-order valence-electron chi connectivity index (χ1n) is 6.25. The minimum atomic E-state index is -0.956. The maximum absolute atomic E-state index is 13.1. The molecule has 0 aliphatic rings. The summed E-state index contributed by atoms with van der Waals surface area (Å²) in [7, 11) is 0. The zero-order valence-electron chi connectivity index (χ0n) is 10.2. The lowest BCUT2D eigenvalue weighted by atomic mass is 10.0. The highest BCUT2D eigenvalue weighted by molar-refractivity contribution is 4.65. The van der Waals surface area contributed by atoms with Crippen LogP contribution in [0.4, 0.5) is 4.39 Å². The van der Waals surface area contributed by atoms with Crippen molar-refractivity contribution in [3.63, 3.8) is 0 Å². The molecule has 0 unspecified atom stereocenters. The van der Waals surface area contributed by atoms with Crippen molar-refractivity contribution in [2.45, 2.75) is 84.2 Å². The molecule has 14 heavy (non-hydrogen) atoms. The fourth-order valence-electron chi connectivity index (χ4n) is 1.68. The molecule has 0 saturated carbocycles. The SMILES string of the molecule is CCCCCCCCCCC(C)(C)F. The summed E-state index contributed by atoms with van der Waals surface area (Å²) in [4.78, 5) is 0. The van der Waals surface area contributed by atoms with Gasteiger partial charge in [0.05, 0.1) is 0 Å². The zero-order valence-corrected chi connectivity index (χ0v) is 10.2. The summed E-state index contributed by atoms with van der Waals surface area (Å²) in [6.45, 7) is 5.59. The lowest BCUT2D eigenvalue weighted by molar-refractivity contribution is 0.195. The molecule has 0 atom stereocenters. The van der Waals surface area contributed by atoms with Gasteiger partial charge in [-0.15, -0.1) is 0 Å². The fourth-order valence-corrected chi connectivity index (χ4v) is 1.68. The molecule has 0 saturated heterocycles. The highest BCUT2D eigenvalue weighted by Crippen LogP contribution is 2.18. The molecule has 0 rings (SSSR count). The van der Waals surface area contributed by atoms with Crippen LogP contribution in [0.5, 0.6) is 0 Å². The molecule has 0 spiro atoms. The van der Waals surface area contributed by atoms with Crippen LogP contribution in [0.1, 0.15) is 78.6 Å². The number of hydrogen-bond donors (Lipinski definition) is 0. The van der Waals surface area contributed by atoms with Crippen LogP contribution >= 0.6 is 0 Å². The van der Waals surface area contributed by atoms with Crippen molar-refractivity contribution in [3.8, 4) is 0 Å². The van der Waals surface area contributed by atoms with Gasteiger partial charge in [-0.3, -0.25) is 0 Å². The second-order valence-electron chi connectivity index (χ2n) is 4.94. The van der Waals surface area contributed by atoms with Crippen LogP contribution in [0.25, 0.3) is 0 Å². The molecular formula is C13H27F. The molecule has 0 aromatic carbocycles. The van der Waals surface area contributed by atoms with Gasteiger partial charge in [-0.05, 0) is 20.3 Å². The fraction of sp³-hybridized carbons (Fsp3) is 1.00. The Kier molecular flexibility index (Phi) is 8.21. The van der Waals surface area contributed by atoms with Gasteiger partial charge in [0, 0.05) is 0 Å². The molecule has 0 amide bonds. The summed E-state index contributed by atoms with van der Waals surface area (Å²) in [5.74, 6) is 0. The van der Waals surface area contributed by atoms with Crippen molar-refractivity contribution in [2.75, 3.05) is 0 Å². The van der Waals surface area contributed by atoms with Gasteiger partial charge >= 0.3 is 0 Å². The average Bonchev–Trinajstić information content (AvgIpc) is 2.08. The van der Waals surface area contributed by atoms with Crippen LogP contribution in [0.15, 0.2) is 0 Å². The number of alkyl halides is 1. The second kappa shape index (κ2) is 8.26. The topological polar surface area (TPSA) is 0 Å². The number of halogens is 1. The molecule has 86 valence electrons. The van der Waals surface area contributed by atoms with E-state index in [1.165, 1.54) is 44.9 Å². The van der Waals surface area contributed by atoms with Gasteiger partial charge in [0.25, 0.3) is 0 Å². The lowest BCUT2D eigenvalue weighted by Gasteiger charge is -2.12. The zero-order chi connectivity index (χ0) is 10.9. The molecule has 0 N–H and O–H groups in total. The number of unbranched alkanes of at least 4 members (excludes halogenated alkanes) is 7. The van der Waals surface area contributed by atoms with Crippen LogP contribution in [0, 0.1) is 0 Å². The van der Waals surface area contributed by atoms with Crippen LogP contribution in [0.3, 0.4) is 0 Å². The molecule has 0 heterocycles. The summed E-state index contributed by atoms with van der Waals surface area (Å²) in [5.41, 5.74) is -0.956. The van der Waals surface area contributed by atoms with Crippen molar-refractivity contribution in [1.82, 2.24) is 0 Å². The molecular weight excluding hydrogens is 175 g/mol. The summed E-state index contributed by atoms with van der Waals surface area (Å²) >= 11 is 0. The van der Waals surface area contributed by atoms with Gasteiger partial charge in [-0.2, -0.15) is 0 Å². The molecule has 0 fully saturated rings. The van der Waals surface area contributed by atoms with Crippen molar-refractivity contribution in [3.05, 3.63) is 0 Å². The lowest BCUT2D eigenvalue weighted by Crippen LogP contribution is -2.10. The van der Waals surface area contributed by atoms with E-state index < -0.39 is 5.67 Å². The van der Waals surface area contributed by atoms with E-state index in [1.807, 2.05) is 0 Å². The maximum atomic E-state index is 13.1. The van der Waals surface area contributed by atoms with E-state index in [-0.39, 0.29) is 0 Å². The Labute approximate surface area is 89.3 Å². The first kappa shape index (κ1) is 13.9. The summed E-state index contributed by atoms with van der Waals surface area (Å²) in [5, 5.41) is 0. The van der Waals surface area contributed by atoms with Gasteiger partial charge in [0.1, 0.15) is 5.67 Å². The Bertz CT molecular complexity index is 113. The van der Waals surface area contributed by atoms with Crippen molar-refractivity contribution >= 4 is 0 Å². The minimum absolute atomic E-state index is 0.724. The van der Waals surface area contributed by atoms with E-state index in [2.05, 4.69) is 6.92 Å². The Balaban J connectivity index is 2.99. The first-order chi connectivity index (χ1) is 6.56. The first-order valence-corrected chi connectivity index (χ1v) is 6.25. The third kappa shape index (κ3) is 11.9. The van der Waals surface area contributed by atoms with Crippen molar-refractivity contribution in [1.29, 1.82) is 0 Å². The molecule has 0 aliphatic carbocycles. The molecule has 0 nitrogen and oxygen atoms in total. The van der Waals surface area contributed by atoms with E-state index in [1.54, 1.807) is 13.8 Å². The summed E-state index contributed by atoms with van der Waals surface area (Å²) in [6, 6.07) is 0. The molecule has 1 heteroatoms. The van der Waals surface area contributed by atoms with E-state index in [0.717, 1.165) is 12.8 Å². The quantitative estimate of drug-likeness (QED) is 0.447.